The molecule has 2 atom stereocenters. The number of rotatable bonds is 6. The zero-order chi connectivity index (χ0) is 12.1. The summed E-state index contributed by atoms with van der Waals surface area (Å²) in [5.41, 5.74) is 0. The number of carbonyl (C=O) groups excluding carboxylic acids is 2. The minimum absolute atomic E-state index is 0.0327. The molecule has 16 heavy (non-hydrogen) atoms. The molecule has 1 aliphatic rings. The van der Waals surface area contributed by atoms with Crippen LogP contribution in [0.25, 0.3) is 0 Å². The van der Waals surface area contributed by atoms with Crippen LogP contribution >= 0.6 is 0 Å². The molecule has 2 amide bonds. The summed E-state index contributed by atoms with van der Waals surface area (Å²) in [6, 6.07) is 0. The van der Waals surface area contributed by atoms with E-state index in [0.717, 1.165) is 6.42 Å². The Hall–Kier alpha value is -1.06. The molecular formula is C12H22N2O2. The van der Waals surface area contributed by atoms with Crippen molar-refractivity contribution < 1.29 is 9.59 Å². The largest absolute Gasteiger partial charge is 0.356 e. The van der Waals surface area contributed by atoms with Gasteiger partial charge < -0.3 is 10.6 Å². The summed E-state index contributed by atoms with van der Waals surface area (Å²) in [5, 5.41) is 5.69. The quantitative estimate of drug-likeness (QED) is 0.707. The van der Waals surface area contributed by atoms with Crippen molar-refractivity contribution in [1.29, 1.82) is 0 Å². The number of carbonyl (C=O) groups is 2. The van der Waals surface area contributed by atoms with E-state index in [0.29, 0.717) is 25.4 Å². The van der Waals surface area contributed by atoms with Crippen molar-refractivity contribution in [2.45, 2.75) is 33.6 Å². The Kier molecular flexibility index (Phi) is 4.77. The lowest BCUT2D eigenvalue weighted by Gasteiger charge is -2.07. The van der Waals surface area contributed by atoms with Gasteiger partial charge in [0, 0.05) is 13.1 Å². The summed E-state index contributed by atoms with van der Waals surface area (Å²) in [6.45, 7) is 7.52. The van der Waals surface area contributed by atoms with Gasteiger partial charge in [0.25, 0.3) is 0 Å². The Morgan fingerprint density at radius 1 is 1.19 bits per heavy atom. The van der Waals surface area contributed by atoms with Crippen LogP contribution in [0, 0.1) is 17.8 Å². The predicted molar refractivity (Wildman–Crippen MR) is 62.7 cm³/mol. The summed E-state index contributed by atoms with van der Waals surface area (Å²) in [4.78, 5) is 23.1. The molecule has 0 heterocycles. The van der Waals surface area contributed by atoms with Crippen LogP contribution < -0.4 is 10.6 Å². The lowest BCUT2D eigenvalue weighted by atomic mass is 10.2. The van der Waals surface area contributed by atoms with Gasteiger partial charge in [0.15, 0.2) is 0 Å². The standard InChI is InChI=1S/C12H22N2O2/c1-4-5-13-11(15)9-6-10(9)12(16)14-7-8(2)3/h8-10H,4-7H2,1-3H3,(H,13,15)(H,14,16). The molecule has 92 valence electrons. The molecule has 1 rings (SSSR count). The second kappa shape index (κ2) is 5.87. The average Bonchev–Trinajstić information content (AvgIpc) is 3.02. The van der Waals surface area contributed by atoms with E-state index in [1.165, 1.54) is 0 Å². The highest BCUT2D eigenvalue weighted by atomic mass is 16.2. The molecule has 0 bridgehead atoms. The smallest absolute Gasteiger partial charge is 0.223 e. The lowest BCUT2D eigenvalue weighted by Crippen LogP contribution is -2.32. The van der Waals surface area contributed by atoms with E-state index in [2.05, 4.69) is 24.5 Å². The van der Waals surface area contributed by atoms with Gasteiger partial charge in [0.1, 0.15) is 0 Å². The van der Waals surface area contributed by atoms with Crippen molar-refractivity contribution in [3.8, 4) is 0 Å². The van der Waals surface area contributed by atoms with Crippen molar-refractivity contribution in [2.75, 3.05) is 13.1 Å². The summed E-state index contributed by atoms with van der Waals surface area (Å²) >= 11 is 0. The first-order chi connectivity index (χ1) is 7.56. The molecule has 2 unspecified atom stereocenters. The topological polar surface area (TPSA) is 58.2 Å². The molecule has 0 aromatic rings. The van der Waals surface area contributed by atoms with Crippen molar-refractivity contribution in [2.24, 2.45) is 17.8 Å². The molecule has 0 aliphatic heterocycles. The summed E-state index contributed by atoms with van der Waals surface area (Å²) in [5.74, 6) is 0.348. The maximum atomic E-state index is 11.6. The third-order valence-corrected chi connectivity index (χ3v) is 2.70. The zero-order valence-corrected chi connectivity index (χ0v) is 10.4. The van der Waals surface area contributed by atoms with E-state index in [9.17, 15) is 9.59 Å². The molecular weight excluding hydrogens is 204 g/mol. The molecule has 4 nitrogen and oxygen atoms in total. The predicted octanol–water partition coefficient (Wildman–Crippen LogP) is 0.921. The van der Waals surface area contributed by atoms with Crippen LogP contribution in [0.2, 0.25) is 0 Å². The van der Waals surface area contributed by atoms with Crippen LogP contribution in [0.4, 0.5) is 0 Å². The molecule has 4 heteroatoms. The van der Waals surface area contributed by atoms with Gasteiger partial charge >= 0.3 is 0 Å². The van der Waals surface area contributed by atoms with Gasteiger partial charge in [-0.05, 0) is 18.8 Å². The maximum absolute atomic E-state index is 11.6. The Morgan fingerprint density at radius 2 is 1.75 bits per heavy atom. The number of amides is 2. The molecule has 1 aliphatic carbocycles. The first-order valence-corrected chi connectivity index (χ1v) is 6.11. The van der Waals surface area contributed by atoms with Crippen LogP contribution in [0.5, 0.6) is 0 Å². The van der Waals surface area contributed by atoms with Crippen LogP contribution in [-0.4, -0.2) is 24.9 Å². The van der Waals surface area contributed by atoms with E-state index >= 15 is 0 Å². The van der Waals surface area contributed by atoms with Crippen LogP contribution in [0.3, 0.4) is 0 Å². The van der Waals surface area contributed by atoms with Crippen molar-refractivity contribution in [3.05, 3.63) is 0 Å². The fourth-order valence-electron chi connectivity index (χ4n) is 1.59. The second-order valence-electron chi connectivity index (χ2n) is 4.88. The van der Waals surface area contributed by atoms with Crippen LogP contribution in [0.15, 0.2) is 0 Å². The van der Waals surface area contributed by atoms with Gasteiger partial charge in [-0.2, -0.15) is 0 Å². The highest BCUT2D eigenvalue weighted by Gasteiger charge is 2.47. The van der Waals surface area contributed by atoms with Gasteiger partial charge in [0.05, 0.1) is 11.8 Å². The highest BCUT2D eigenvalue weighted by molar-refractivity contribution is 5.92. The van der Waals surface area contributed by atoms with Gasteiger partial charge in [0.2, 0.25) is 11.8 Å². The third-order valence-electron chi connectivity index (χ3n) is 2.70. The Bertz CT molecular complexity index is 264. The van der Waals surface area contributed by atoms with E-state index in [4.69, 9.17) is 0 Å². The average molecular weight is 226 g/mol. The second-order valence-corrected chi connectivity index (χ2v) is 4.88. The summed E-state index contributed by atoms with van der Waals surface area (Å²) < 4.78 is 0. The van der Waals surface area contributed by atoms with E-state index < -0.39 is 0 Å². The number of hydrogen-bond donors (Lipinski definition) is 2. The Balaban J connectivity index is 2.22. The maximum Gasteiger partial charge on any atom is 0.223 e. The third kappa shape index (κ3) is 3.83. The van der Waals surface area contributed by atoms with Crippen molar-refractivity contribution in [3.63, 3.8) is 0 Å². The van der Waals surface area contributed by atoms with E-state index in [1.807, 2.05) is 6.92 Å². The number of nitrogens with one attached hydrogen (secondary N) is 2. The minimum atomic E-state index is -0.0874. The Morgan fingerprint density at radius 3 is 2.25 bits per heavy atom. The molecule has 0 aromatic heterocycles. The van der Waals surface area contributed by atoms with Crippen LogP contribution in [0.1, 0.15) is 33.6 Å². The lowest BCUT2D eigenvalue weighted by molar-refractivity contribution is -0.127. The molecule has 1 saturated carbocycles. The SMILES string of the molecule is CCCNC(=O)C1CC1C(=O)NCC(C)C. The fraction of sp³-hybridized carbons (Fsp3) is 0.833. The minimum Gasteiger partial charge on any atom is -0.356 e. The monoisotopic (exact) mass is 226 g/mol. The van der Waals surface area contributed by atoms with Crippen molar-refractivity contribution in [1.82, 2.24) is 10.6 Å². The van der Waals surface area contributed by atoms with Gasteiger partial charge in [-0.3, -0.25) is 9.59 Å². The van der Waals surface area contributed by atoms with Gasteiger partial charge in [-0.1, -0.05) is 20.8 Å². The molecule has 1 fully saturated rings. The van der Waals surface area contributed by atoms with Gasteiger partial charge in [-0.25, -0.2) is 0 Å². The normalized spacial score (nSPS) is 23.0. The molecule has 0 saturated heterocycles. The van der Waals surface area contributed by atoms with Crippen LogP contribution in [-0.2, 0) is 9.59 Å². The van der Waals surface area contributed by atoms with E-state index in [-0.39, 0.29) is 23.7 Å². The molecule has 0 aromatic carbocycles. The zero-order valence-electron chi connectivity index (χ0n) is 10.4. The van der Waals surface area contributed by atoms with Crippen molar-refractivity contribution >= 4 is 11.8 Å². The van der Waals surface area contributed by atoms with Gasteiger partial charge in [-0.15, -0.1) is 0 Å². The molecule has 0 spiro atoms. The molecule has 0 radical (unpaired) electrons. The summed E-state index contributed by atoms with van der Waals surface area (Å²) in [6.07, 6.45) is 1.64. The number of hydrogen-bond acceptors (Lipinski definition) is 2. The highest BCUT2D eigenvalue weighted by Crippen LogP contribution is 2.38. The fourth-order valence-corrected chi connectivity index (χ4v) is 1.59. The first kappa shape index (κ1) is 13.0. The molecule has 2 N–H and O–H groups in total. The Labute approximate surface area is 97.2 Å². The first-order valence-electron chi connectivity index (χ1n) is 6.11. The summed E-state index contributed by atoms with van der Waals surface area (Å²) in [7, 11) is 0. The van der Waals surface area contributed by atoms with E-state index in [1.54, 1.807) is 0 Å².